The molecule has 0 radical (unpaired) electrons. The fourth-order valence-electron chi connectivity index (χ4n) is 6.72. The highest BCUT2D eigenvalue weighted by Gasteiger charge is 2.48. The van der Waals surface area contributed by atoms with Crippen molar-refractivity contribution < 1.29 is 48.0 Å². The van der Waals surface area contributed by atoms with Crippen molar-refractivity contribution in [2.24, 2.45) is 16.6 Å². The average molecular weight is 833 g/mol. The first-order chi connectivity index (χ1) is 27.4. The second-order valence-corrected chi connectivity index (χ2v) is 18.0. The monoisotopic (exact) mass is 832 g/mol. The Morgan fingerprint density at radius 1 is 0.948 bits per heavy atom. The van der Waals surface area contributed by atoms with E-state index in [1.807, 2.05) is 78.2 Å². The van der Waals surface area contributed by atoms with E-state index >= 15 is 0 Å². The molecule has 0 spiro atoms. The molecular weight excluding hydrogens is 769 g/mol. The Hall–Kier alpha value is -3.71. The lowest BCUT2D eigenvalue weighted by molar-refractivity contribution is -0.144. The number of β-amino-alcohol motifs (C(OH)–C–C–N with tert-alkyl or cyclic N) is 1. The van der Waals surface area contributed by atoms with Crippen LogP contribution in [0.4, 0.5) is 4.79 Å². The van der Waals surface area contributed by atoms with Crippen LogP contribution in [0.1, 0.15) is 65.6 Å². The van der Waals surface area contributed by atoms with Crippen molar-refractivity contribution in [1.29, 1.82) is 0 Å². The molecule has 5 N–H and O–H groups in total. The fraction of sp³-hybridized carbons (Fsp3) is 0.683. The Balaban J connectivity index is 1.27. The van der Waals surface area contributed by atoms with Gasteiger partial charge in [-0.05, 0) is 44.2 Å². The van der Waals surface area contributed by atoms with Gasteiger partial charge < -0.3 is 55.0 Å². The highest BCUT2D eigenvalue weighted by molar-refractivity contribution is 7.13. The molecule has 2 aromatic rings. The number of rotatable bonds is 21. The molecule has 0 bridgehead atoms. The number of benzene rings is 1. The summed E-state index contributed by atoms with van der Waals surface area (Å²) >= 11 is 1.57. The van der Waals surface area contributed by atoms with Gasteiger partial charge in [0, 0.05) is 45.6 Å². The van der Waals surface area contributed by atoms with E-state index in [2.05, 4.69) is 15.6 Å². The van der Waals surface area contributed by atoms with Gasteiger partial charge in [0.2, 0.25) is 17.7 Å². The third kappa shape index (κ3) is 14.2. The number of aryl methyl sites for hydroxylation is 1. The minimum absolute atomic E-state index is 0.0226. The Morgan fingerprint density at radius 3 is 2.16 bits per heavy atom. The number of aliphatic hydroxyl groups excluding tert-OH is 1. The van der Waals surface area contributed by atoms with Gasteiger partial charge in [-0.3, -0.25) is 14.4 Å². The number of aliphatic hydroxyl groups is 1. The van der Waals surface area contributed by atoms with Crippen molar-refractivity contribution in [1.82, 2.24) is 25.4 Å². The van der Waals surface area contributed by atoms with Gasteiger partial charge >= 0.3 is 6.09 Å². The van der Waals surface area contributed by atoms with E-state index in [1.165, 1.54) is 4.90 Å². The molecule has 1 aromatic carbocycles. The minimum Gasteiger partial charge on any atom is -0.444 e. The van der Waals surface area contributed by atoms with Crippen molar-refractivity contribution in [2.45, 2.75) is 91.6 Å². The van der Waals surface area contributed by atoms with Gasteiger partial charge in [0.1, 0.15) is 17.7 Å². The average Bonchev–Trinajstić information content (AvgIpc) is 3.76. The molecular formula is C41H64N6O10S. The highest BCUT2D eigenvalue weighted by Crippen LogP contribution is 2.33. The molecule has 0 saturated carbocycles. The Labute approximate surface area is 346 Å². The summed E-state index contributed by atoms with van der Waals surface area (Å²) in [7, 11) is 0. The molecule has 324 valence electrons. The lowest BCUT2D eigenvalue weighted by Crippen LogP contribution is -2.63. The van der Waals surface area contributed by atoms with Crippen molar-refractivity contribution in [3.8, 4) is 10.4 Å². The molecule has 2 aliphatic heterocycles. The summed E-state index contributed by atoms with van der Waals surface area (Å²) in [5.41, 5.74) is 8.28. The third-order valence-electron chi connectivity index (χ3n) is 9.71. The largest absolute Gasteiger partial charge is 0.444 e. The number of hydrogen-bond donors (Lipinski definition) is 4. The second kappa shape index (κ2) is 21.5. The number of aromatic nitrogens is 1. The fourth-order valence-corrected chi connectivity index (χ4v) is 7.53. The van der Waals surface area contributed by atoms with Crippen LogP contribution in [0, 0.1) is 17.8 Å². The summed E-state index contributed by atoms with van der Waals surface area (Å²) in [6, 6.07) is 6.00. The number of ether oxygens (including phenoxy) is 5. The predicted molar refractivity (Wildman–Crippen MR) is 219 cm³/mol. The van der Waals surface area contributed by atoms with E-state index in [0.29, 0.717) is 59.3 Å². The molecule has 2 aliphatic rings. The summed E-state index contributed by atoms with van der Waals surface area (Å²) in [6.07, 6.45) is -1.23. The number of carbonyl (C=O) groups excluding carboxylic acids is 4. The van der Waals surface area contributed by atoms with Crippen molar-refractivity contribution in [3.63, 3.8) is 0 Å². The zero-order valence-corrected chi connectivity index (χ0v) is 36.0. The van der Waals surface area contributed by atoms with E-state index in [4.69, 9.17) is 29.4 Å². The highest BCUT2D eigenvalue weighted by atomic mass is 32.1. The van der Waals surface area contributed by atoms with Crippen LogP contribution >= 0.6 is 11.3 Å². The molecule has 17 heteroatoms. The van der Waals surface area contributed by atoms with Crippen LogP contribution in [-0.4, -0.2) is 147 Å². The lowest BCUT2D eigenvalue weighted by atomic mass is 9.81. The van der Waals surface area contributed by atoms with Crippen molar-refractivity contribution in [3.05, 3.63) is 41.0 Å². The minimum atomic E-state index is -0.966. The summed E-state index contributed by atoms with van der Waals surface area (Å²) in [5, 5.41) is 16.4. The summed E-state index contributed by atoms with van der Waals surface area (Å²) < 4.78 is 28.3. The molecule has 2 saturated heterocycles. The van der Waals surface area contributed by atoms with E-state index in [-0.39, 0.29) is 45.1 Å². The van der Waals surface area contributed by atoms with Crippen LogP contribution < -0.4 is 16.4 Å². The molecule has 3 heterocycles. The van der Waals surface area contributed by atoms with Crippen molar-refractivity contribution in [2.75, 3.05) is 79.0 Å². The van der Waals surface area contributed by atoms with Gasteiger partial charge in [0.25, 0.3) is 0 Å². The smallest absolute Gasteiger partial charge is 0.410 e. The molecule has 4 amide bonds. The first kappa shape index (κ1) is 47.0. The van der Waals surface area contributed by atoms with Crippen LogP contribution in [0.15, 0.2) is 29.8 Å². The summed E-state index contributed by atoms with van der Waals surface area (Å²) in [5.74, 6) is -1.21. The maximum atomic E-state index is 14.1. The summed E-state index contributed by atoms with van der Waals surface area (Å²) in [6.45, 7) is 17.0. The van der Waals surface area contributed by atoms with Gasteiger partial charge in [-0.15, -0.1) is 11.3 Å². The first-order valence-electron chi connectivity index (χ1n) is 20.0. The molecule has 58 heavy (non-hydrogen) atoms. The van der Waals surface area contributed by atoms with E-state index in [9.17, 15) is 24.3 Å². The van der Waals surface area contributed by atoms with Crippen molar-refractivity contribution >= 4 is 35.2 Å². The lowest BCUT2D eigenvalue weighted by Gasteiger charge is -2.49. The van der Waals surface area contributed by atoms with Crippen LogP contribution in [0.5, 0.6) is 0 Å². The van der Waals surface area contributed by atoms with E-state index in [1.54, 1.807) is 16.2 Å². The normalized spacial score (nSPS) is 18.4. The number of thiazole rings is 1. The quantitative estimate of drug-likeness (QED) is 0.134. The van der Waals surface area contributed by atoms with Gasteiger partial charge in [-0.1, -0.05) is 45.0 Å². The second-order valence-electron chi connectivity index (χ2n) is 17.1. The van der Waals surface area contributed by atoms with Gasteiger partial charge in [-0.25, -0.2) is 9.78 Å². The number of nitrogens with two attached hydrogens (primary N) is 1. The Bertz CT molecular complexity index is 1640. The number of carbonyl (C=O) groups is 4. The number of hydrogen-bond acceptors (Lipinski definition) is 13. The Morgan fingerprint density at radius 2 is 1.57 bits per heavy atom. The summed E-state index contributed by atoms with van der Waals surface area (Å²) in [4.78, 5) is 61.9. The third-order valence-corrected chi connectivity index (χ3v) is 10.7. The van der Waals surface area contributed by atoms with Crippen LogP contribution in [0.2, 0.25) is 0 Å². The van der Waals surface area contributed by atoms with E-state index in [0.717, 1.165) is 21.7 Å². The first-order valence-corrected chi connectivity index (χ1v) is 20.8. The standard InChI is InChI=1S/C41H64N6O10S/c1-28-34(58-27-44-28)30-10-8-29(9-11-30)21-43-36(50)32-20-31(48)22-47(32)37(51)35(39(2,3)4)45-33(49)12-14-55-25-41(23-46(24-41)38(52)57-40(5,6)7)26-56-19-18-54-17-16-53-15-13-42/h8-11,27,31-32,35,48H,12-26,42H2,1-7H3,(H,43,50)(H,45,49)/t31-,32+,35-/m1/s1. The number of nitrogens with one attached hydrogen (secondary N) is 2. The maximum Gasteiger partial charge on any atom is 0.410 e. The SMILES string of the molecule is Cc1ncsc1-c1ccc(CNC(=O)[C@@H]2C[C@@H](O)CN2C(=O)[C@@H](NC(=O)CCOCC2(COCCOCCOCCN)CN(C(=O)OC(C)(C)C)C2)C(C)(C)C)cc1. The number of likely N-dealkylation sites (tertiary alicyclic amines) is 2. The van der Waals surface area contributed by atoms with Gasteiger partial charge in [-0.2, -0.15) is 0 Å². The molecule has 3 atom stereocenters. The zero-order chi connectivity index (χ0) is 42.5. The molecule has 1 aromatic heterocycles. The maximum absolute atomic E-state index is 14.1. The Kier molecular flexibility index (Phi) is 17.4. The molecule has 0 unspecified atom stereocenters. The van der Waals surface area contributed by atoms with Gasteiger partial charge in [0.05, 0.1) is 80.5 Å². The topological polar surface area (TPSA) is 204 Å². The van der Waals surface area contributed by atoms with Crippen LogP contribution in [-0.2, 0) is 44.6 Å². The zero-order valence-electron chi connectivity index (χ0n) is 35.2. The predicted octanol–water partition coefficient (Wildman–Crippen LogP) is 2.88. The molecule has 0 aliphatic carbocycles. The molecule has 4 rings (SSSR count). The van der Waals surface area contributed by atoms with E-state index < -0.39 is 52.5 Å². The molecule has 16 nitrogen and oxygen atoms in total. The van der Waals surface area contributed by atoms with Gasteiger partial charge in [0.15, 0.2) is 0 Å². The van der Waals surface area contributed by atoms with Crippen LogP contribution in [0.3, 0.4) is 0 Å². The number of nitrogens with zero attached hydrogens (tertiary/aromatic N) is 3. The molecule has 2 fully saturated rings. The number of amides is 4. The van der Waals surface area contributed by atoms with Crippen LogP contribution in [0.25, 0.3) is 10.4 Å².